The molecule has 0 amide bonds. The molecule has 0 spiro atoms. The van der Waals surface area contributed by atoms with Crippen LogP contribution in [0.4, 0.5) is 0 Å². The molecular formula is C10H11N3O2S2. The number of hydrogen-bond acceptors (Lipinski definition) is 5. The van der Waals surface area contributed by atoms with Crippen molar-refractivity contribution in [1.82, 2.24) is 14.5 Å². The van der Waals surface area contributed by atoms with Gasteiger partial charge in [-0.3, -0.25) is 4.79 Å². The van der Waals surface area contributed by atoms with Crippen molar-refractivity contribution in [2.45, 2.75) is 18.6 Å². The Balaban J connectivity index is 2.12. The highest BCUT2D eigenvalue weighted by Gasteiger charge is 2.09. The largest absolute Gasteiger partial charge is 0.481 e. The van der Waals surface area contributed by atoms with Gasteiger partial charge >= 0.3 is 5.97 Å². The predicted molar refractivity (Wildman–Crippen MR) is 66.5 cm³/mol. The van der Waals surface area contributed by atoms with Crippen LogP contribution in [0.1, 0.15) is 10.7 Å². The first-order valence-corrected chi connectivity index (χ1v) is 6.78. The molecule has 0 bridgehead atoms. The van der Waals surface area contributed by atoms with Gasteiger partial charge in [0, 0.05) is 17.8 Å². The third kappa shape index (κ3) is 3.31. The van der Waals surface area contributed by atoms with Crippen LogP contribution in [0.5, 0.6) is 0 Å². The number of carbonyl (C=O) groups is 1. The van der Waals surface area contributed by atoms with Crippen molar-refractivity contribution < 1.29 is 9.90 Å². The lowest BCUT2D eigenvalue weighted by atomic mass is 10.5. The number of aliphatic carboxylic acids is 1. The summed E-state index contributed by atoms with van der Waals surface area (Å²) in [6.07, 6.45) is 3.67. The summed E-state index contributed by atoms with van der Waals surface area (Å²) >= 11 is 2.80. The third-order valence-corrected chi connectivity index (χ3v) is 3.71. The maximum atomic E-state index is 10.5. The molecule has 2 aromatic heterocycles. The average molecular weight is 269 g/mol. The number of carboxylic acid groups (broad SMARTS) is 1. The molecule has 0 aliphatic rings. The summed E-state index contributed by atoms with van der Waals surface area (Å²) in [6.45, 7) is 2.53. The number of thiazole rings is 1. The molecule has 1 N–H and O–H groups in total. The van der Waals surface area contributed by atoms with Crippen LogP contribution in [0.3, 0.4) is 0 Å². The number of nitrogens with zero attached hydrogens (tertiary/aromatic N) is 3. The Morgan fingerprint density at radius 1 is 1.65 bits per heavy atom. The first kappa shape index (κ1) is 12.1. The van der Waals surface area contributed by atoms with Gasteiger partial charge in [0.25, 0.3) is 0 Å². The number of aryl methyl sites for hydroxylation is 1. The van der Waals surface area contributed by atoms with E-state index >= 15 is 0 Å². The highest BCUT2D eigenvalue weighted by molar-refractivity contribution is 7.99. The molecule has 0 fully saturated rings. The third-order valence-electron chi connectivity index (χ3n) is 1.97. The van der Waals surface area contributed by atoms with Gasteiger partial charge in [-0.25, -0.2) is 9.97 Å². The molecule has 0 aliphatic heterocycles. The first-order chi connectivity index (χ1) is 8.15. The molecule has 90 valence electrons. The van der Waals surface area contributed by atoms with E-state index in [1.165, 1.54) is 11.8 Å². The van der Waals surface area contributed by atoms with Crippen LogP contribution in [0, 0.1) is 6.92 Å². The number of imidazole rings is 1. The Morgan fingerprint density at radius 3 is 3.12 bits per heavy atom. The zero-order chi connectivity index (χ0) is 12.3. The molecule has 0 saturated heterocycles. The first-order valence-electron chi connectivity index (χ1n) is 4.92. The van der Waals surface area contributed by atoms with Crippen molar-refractivity contribution >= 4 is 29.1 Å². The minimum absolute atomic E-state index is 0.0221. The molecule has 17 heavy (non-hydrogen) atoms. The van der Waals surface area contributed by atoms with Crippen molar-refractivity contribution in [3.05, 3.63) is 28.5 Å². The van der Waals surface area contributed by atoms with E-state index in [1.54, 1.807) is 17.5 Å². The summed E-state index contributed by atoms with van der Waals surface area (Å²) < 4.78 is 1.93. The molecule has 0 atom stereocenters. The molecule has 0 unspecified atom stereocenters. The maximum Gasteiger partial charge on any atom is 0.313 e. The summed E-state index contributed by atoms with van der Waals surface area (Å²) in [4.78, 5) is 19.0. The number of carboxylic acids is 1. The standard InChI is InChI=1S/C10H11N3O2S2/c1-7-4-13(5-8-11-2-3-16-8)10(12-7)17-6-9(14)15/h2-4H,5-6H2,1H3,(H,14,15). The number of hydrogen-bond donors (Lipinski definition) is 1. The van der Waals surface area contributed by atoms with Gasteiger partial charge in [-0.2, -0.15) is 0 Å². The topological polar surface area (TPSA) is 68.0 Å². The molecule has 0 aliphatic carbocycles. The monoisotopic (exact) mass is 269 g/mol. The van der Waals surface area contributed by atoms with Crippen molar-refractivity contribution in [2.75, 3.05) is 5.75 Å². The van der Waals surface area contributed by atoms with E-state index in [1.807, 2.05) is 23.1 Å². The Hall–Kier alpha value is -1.34. The predicted octanol–water partition coefficient (Wildman–Crippen LogP) is 1.87. The second-order valence-electron chi connectivity index (χ2n) is 3.40. The van der Waals surface area contributed by atoms with Crippen LogP contribution in [0.2, 0.25) is 0 Å². The normalized spacial score (nSPS) is 10.6. The minimum atomic E-state index is -0.837. The van der Waals surface area contributed by atoms with Gasteiger partial charge in [0.1, 0.15) is 5.01 Å². The lowest BCUT2D eigenvalue weighted by Gasteiger charge is -2.03. The number of aromatic nitrogens is 3. The van der Waals surface area contributed by atoms with Crippen LogP contribution in [-0.4, -0.2) is 31.4 Å². The van der Waals surface area contributed by atoms with Gasteiger partial charge in [0.2, 0.25) is 0 Å². The molecule has 5 nitrogen and oxygen atoms in total. The molecule has 0 saturated carbocycles. The van der Waals surface area contributed by atoms with Crippen LogP contribution >= 0.6 is 23.1 Å². The van der Waals surface area contributed by atoms with Crippen molar-refractivity contribution in [2.24, 2.45) is 0 Å². The molecule has 0 aromatic carbocycles. The second kappa shape index (κ2) is 5.33. The summed E-state index contributed by atoms with van der Waals surface area (Å²) in [5.74, 6) is -0.814. The number of thioether (sulfide) groups is 1. The molecule has 7 heteroatoms. The molecule has 2 heterocycles. The maximum absolute atomic E-state index is 10.5. The van der Waals surface area contributed by atoms with Crippen molar-refractivity contribution in [1.29, 1.82) is 0 Å². The van der Waals surface area contributed by atoms with E-state index in [-0.39, 0.29) is 5.75 Å². The zero-order valence-electron chi connectivity index (χ0n) is 9.16. The van der Waals surface area contributed by atoms with E-state index < -0.39 is 5.97 Å². The van der Waals surface area contributed by atoms with E-state index in [0.29, 0.717) is 6.54 Å². The average Bonchev–Trinajstić information content (AvgIpc) is 2.86. The Morgan fingerprint density at radius 2 is 2.47 bits per heavy atom. The molecule has 2 rings (SSSR count). The van der Waals surface area contributed by atoms with Gasteiger partial charge < -0.3 is 9.67 Å². The summed E-state index contributed by atoms with van der Waals surface area (Å²) in [6, 6.07) is 0. The van der Waals surface area contributed by atoms with E-state index in [2.05, 4.69) is 9.97 Å². The van der Waals surface area contributed by atoms with E-state index in [0.717, 1.165) is 15.9 Å². The van der Waals surface area contributed by atoms with Crippen LogP contribution < -0.4 is 0 Å². The summed E-state index contributed by atoms with van der Waals surface area (Å²) in [7, 11) is 0. The quantitative estimate of drug-likeness (QED) is 0.839. The lowest BCUT2D eigenvalue weighted by molar-refractivity contribution is -0.133. The SMILES string of the molecule is Cc1cn(Cc2nccs2)c(SCC(=O)O)n1. The molecule has 2 aromatic rings. The van der Waals surface area contributed by atoms with Crippen LogP contribution in [0.25, 0.3) is 0 Å². The minimum Gasteiger partial charge on any atom is -0.481 e. The van der Waals surface area contributed by atoms with Gasteiger partial charge in [0.15, 0.2) is 5.16 Å². The van der Waals surface area contributed by atoms with Crippen molar-refractivity contribution in [3.8, 4) is 0 Å². The second-order valence-corrected chi connectivity index (χ2v) is 5.32. The highest BCUT2D eigenvalue weighted by Crippen LogP contribution is 2.19. The highest BCUT2D eigenvalue weighted by atomic mass is 32.2. The molecular weight excluding hydrogens is 258 g/mol. The van der Waals surface area contributed by atoms with Crippen LogP contribution in [0.15, 0.2) is 22.9 Å². The summed E-state index contributed by atoms with van der Waals surface area (Å²) in [5.41, 5.74) is 0.884. The van der Waals surface area contributed by atoms with E-state index in [9.17, 15) is 4.79 Å². The van der Waals surface area contributed by atoms with Gasteiger partial charge in [-0.1, -0.05) is 11.8 Å². The smallest absolute Gasteiger partial charge is 0.313 e. The van der Waals surface area contributed by atoms with Gasteiger partial charge in [-0.05, 0) is 6.92 Å². The van der Waals surface area contributed by atoms with Crippen LogP contribution in [-0.2, 0) is 11.3 Å². The Labute approximate surface area is 107 Å². The Bertz CT molecular complexity index is 508. The zero-order valence-corrected chi connectivity index (χ0v) is 10.8. The number of rotatable bonds is 5. The van der Waals surface area contributed by atoms with Gasteiger partial charge in [0.05, 0.1) is 18.0 Å². The fraction of sp³-hybridized carbons (Fsp3) is 0.300. The van der Waals surface area contributed by atoms with Crippen molar-refractivity contribution in [3.63, 3.8) is 0 Å². The van der Waals surface area contributed by atoms with Gasteiger partial charge in [-0.15, -0.1) is 11.3 Å². The molecule has 0 radical (unpaired) electrons. The fourth-order valence-electron chi connectivity index (χ4n) is 1.36. The summed E-state index contributed by atoms with van der Waals surface area (Å²) in [5, 5.41) is 12.3. The fourth-order valence-corrected chi connectivity index (χ4v) is 2.71. The lowest BCUT2D eigenvalue weighted by Crippen LogP contribution is -2.03. The van der Waals surface area contributed by atoms with E-state index in [4.69, 9.17) is 5.11 Å². The Kier molecular flexibility index (Phi) is 3.80.